The van der Waals surface area contributed by atoms with Gasteiger partial charge in [0.05, 0.1) is 18.8 Å². The zero-order valence-corrected chi connectivity index (χ0v) is 33.3. The molecule has 2 rings (SSSR count). The fraction of sp³-hybridized carbons (Fsp3) is 0.826. The number of aliphatic hydroxyl groups excluding tert-OH is 1. The van der Waals surface area contributed by atoms with Crippen molar-refractivity contribution in [3.63, 3.8) is 0 Å². The molecule has 1 N–H and O–H groups in total. The molecule has 50 heavy (non-hydrogen) atoms. The fourth-order valence-corrected chi connectivity index (χ4v) is 7.47. The summed E-state index contributed by atoms with van der Waals surface area (Å²) in [6.07, 6.45) is 54.7. The maximum Gasteiger partial charge on any atom is 0.168 e. The summed E-state index contributed by atoms with van der Waals surface area (Å²) in [5.41, 5.74) is 0. The van der Waals surface area contributed by atoms with Gasteiger partial charge in [0.25, 0.3) is 0 Å². The van der Waals surface area contributed by atoms with Crippen molar-refractivity contribution in [1.29, 1.82) is 0 Å². The lowest BCUT2D eigenvalue weighted by atomic mass is 9.98. The molecule has 2 aliphatic rings. The van der Waals surface area contributed by atoms with Crippen LogP contribution in [0.15, 0.2) is 48.6 Å². The molecule has 0 amide bonds. The van der Waals surface area contributed by atoms with Crippen molar-refractivity contribution in [1.82, 2.24) is 4.90 Å². The Morgan fingerprint density at radius 2 is 1.06 bits per heavy atom. The highest BCUT2D eigenvalue weighted by Gasteiger charge is 2.40. The fourth-order valence-electron chi connectivity index (χ4n) is 7.47. The van der Waals surface area contributed by atoms with Gasteiger partial charge in [-0.1, -0.05) is 140 Å². The van der Waals surface area contributed by atoms with Crippen molar-refractivity contribution in [3.8, 4) is 0 Å². The van der Waals surface area contributed by atoms with Crippen LogP contribution >= 0.6 is 0 Å². The number of rotatable bonds is 33. The maximum absolute atomic E-state index is 10.1. The Bertz CT molecular complexity index is 815. The summed E-state index contributed by atoms with van der Waals surface area (Å²) >= 11 is 0. The molecule has 2 heterocycles. The van der Waals surface area contributed by atoms with Crippen LogP contribution in [0.4, 0.5) is 0 Å². The van der Waals surface area contributed by atoms with Gasteiger partial charge in [0.15, 0.2) is 5.79 Å². The number of hydrogen-bond donors (Lipinski definition) is 1. The van der Waals surface area contributed by atoms with Gasteiger partial charge in [-0.25, -0.2) is 0 Å². The first kappa shape index (κ1) is 45.0. The first-order valence-electron chi connectivity index (χ1n) is 22.0. The van der Waals surface area contributed by atoms with Crippen molar-refractivity contribution in [2.24, 2.45) is 0 Å². The lowest BCUT2D eigenvalue weighted by molar-refractivity contribution is -0.180. The van der Waals surface area contributed by atoms with Crippen LogP contribution in [0.1, 0.15) is 200 Å². The Morgan fingerprint density at radius 3 is 1.54 bits per heavy atom. The normalized spacial score (nSPS) is 20.1. The van der Waals surface area contributed by atoms with Crippen LogP contribution in [0.2, 0.25) is 0 Å². The van der Waals surface area contributed by atoms with Crippen molar-refractivity contribution < 1.29 is 14.6 Å². The third kappa shape index (κ3) is 24.9. The van der Waals surface area contributed by atoms with Gasteiger partial charge in [0.2, 0.25) is 0 Å². The monoisotopic (exact) mass is 698 g/mol. The molecule has 0 aromatic rings. The van der Waals surface area contributed by atoms with E-state index in [1.54, 1.807) is 0 Å². The summed E-state index contributed by atoms with van der Waals surface area (Å²) in [4.78, 5) is 2.42. The van der Waals surface area contributed by atoms with Crippen molar-refractivity contribution in [3.05, 3.63) is 48.6 Å². The molecule has 4 heteroatoms. The van der Waals surface area contributed by atoms with E-state index in [0.29, 0.717) is 0 Å². The average Bonchev–Trinajstić information content (AvgIpc) is 3.53. The molecular formula is C46H83NO3. The lowest BCUT2D eigenvalue weighted by Crippen LogP contribution is -2.40. The molecule has 2 aliphatic heterocycles. The van der Waals surface area contributed by atoms with Crippen LogP contribution in [0, 0.1) is 0 Å². The first-order valence-corrected chi connectivity index (χ1v) is 22.0. The zero-order valence-electron chi connectivity index (χ0n) is 33.3. The van der Waals surface area contributed by atoms with E-state index in [1.807, 2.05) is 0 Å². The van der Waals surface area contributed by atoms with E-state index in [-0.39, 0.29) is 18.0 Å². The van der Waals surface area contributed by atoms with Crippen molar-refractivity contribution >= 4 is 0 Å². The summed E-state index contributed by atoms with van der Waals surface area (Å²) < 4.78 is 13.3. The van der Waals surface area contributed by atoms with Gasteiger partial charge in [-0.15, -0.1) is 0 Å². The summed E-state index contributed by atoms with van der Waals surface area (Å²) in [7, 11) is 0. The number of aliphatic hydroxyl groups is 1. The average molecular weight is 698 g/mol. The predicted octanol–water partition coefficient (Wildman–Crippen LogP) is 13.4. The maximum atomic E-state index is 10.1. The summed E-state index contributed by atoms with van der Waals surface area (Å²) in [5, 5.41) is 10.1. The standard InChI is InChI=1S/C46H83NO3/c1-3-5-7-9-11-13-15-17-19-21-23-25-27-29-31-33-38-46(49-43-45(50-46)37-41-47-40-35-36-44(48)42-47)39-34-32-30-28-26-24-22-20-18-16-14-12-10-8-6-4-2/h11-14,17-20,44-45,48H,3-10,15-16,21-43H2,1-2H3/b13-11-,14-12-,19-17-,20-18-. The second-order valence-electron chi connectivity index (χ2n) is 15.5. The summed E-state index contributed by atoms with van der Waals surface area (Å²) in [6, 6.07) is 0. The summed E-state index contributed by atoms with van der Waals surface area (Å²) in [5.74, 6) is -0.365. The Balaban J connectivity index is 1.59. The van der Waals surface area contributed by atoms with E-state index in [9.17, 15) is 5.11 Å². The molecule has 2 fully saturated rings. The molecule has 2 atom stereocenters. The topological polar surface area (TPSA) is 41.9 Å². The highest BCUT2D eigenvalue weighted by atomic mass is 16.7. The van der Waals surface area contributed by atoms with E-state index in [0.717, 1.165) is 71.2 Å². The number of nitrogens with zero attached hydrogens (tertiary/aromatic N) is 1. The van der Waals surface area contributed by atoms with Gasteiger partial charge < -0.3 is 19.5 Å². The number of ether oxygens (including phenoxy) is 2. The molecule has 0 saturated carbocycles. The van der Waals surface area contributed by atoms with Crippen LogP contribution in [0.3, 0.4) is 0 Å². The van der Waals surface area contributed by atoms with E-state index in [4.69, 9.17) is 9.47 Å². The number of hydrogen-bond acceptors (Lipinski definition) is 4. The van der Waals surface area contributed by atoms with Crippen LogP contribution in [0.5, 0.6) is 0 Å². The molecule has 0 aromatic carbocycles. The third-order valence-electron chi connectivity index (χ3n) is 10.7. The SMILES string of the molecule is CCCCC/C=C\C/C=C\CCCCCCCCC1(CCCCCCCC/C=C\C/C=C\CCCCC)OCC(CCN2CCCC(O)C2)O1. The lowest BCUT2D eigenvalue weighted by Gasteiger charge is -2.31. The molecular weight excluding hydrogens is 615 g/mol. The number of allylic oxidation sites excluding steroid dienone is 8. The quantitative estimate of drug-likeness (QED) is 0.0547. The van der Waals surface area contributed by atoms with Crippen LogP contribution in [0.25, 0.3) is 0 Å². The smallest absolute Gasteiger partial charge is 0.168 e. The van der Waals surface area contributed by atoms with E-state index < -0.39 is 0 Å². The number of β-amino-alcohol motifs (C(OH)–C–C–N with tert-alkyl or cyclic N) is 1. The second-order valence-corrected chi connectivity index (χ2v) is 15.5. The molecule has 2 saturated heterocycles. The Morgan fingerprint density at radius 1 is 0.600 bits per heavy atom. The Labute approximate surface area is 311 Å². The van der Waals surface area contributed by atoms with E-state index in [1.165, 1.54) is 141 Å². The molecule has 0 radical (unpaired) electrons. The van der Waals surface area contributed by atoms with Crippen LogP contribution in [-0.4, -0.2) is 54.2 Å². The first-order chi connectivity index (χ1) is 24.7. The van der Waals surface area contributed by atoms with Crippen LogP contribution in [-0.2, 0) is 9.47 Å². The van der Waals surface area contributed by atoms with Crippen molar-refractivity contribution in [2.75, 3.05) is 26.2 Å². The van der Waals surface area contributed by atoms with Gasteiger partial charge >= 0.3 is 0 Å². The van der Waals surface area contributed by atoms with Gasteiger partial charge in [-0.2, -0.15) is 0 Å². The largest absolute Gasteiger partial charge is 0.392 e. The Hall–Kier alpha value is -1.20. The number of unbranched alkanes of at least 4 members (excludes halogenated alkanes) is 18. The Kier molecular flexibility index (Phi) is 29.2. The second kappa shape index (κ2) is 32.5. The third-order valence-corrected chi connectivity index (χ3v) is 10.7. The van der Waals surface area contributed by atoms with Crippen LogP contribution < -0.4 is 0 Å². The molecule has 0 spiro atoms. The molecule has 2 unspecified atom stereocenters. The van der Waals surface area contributed by atoms with Crippen molar-refractivity contribution in [2.45, 2.75) is 218 Å². The van der Waals surface area contributed by atoms with Gasteiger partial charge in [0.1, 0.15) is 0 Å². The van der Waals surface area contributed by atoms with Gasteiger partial charge in [-0.3, -0.25) is 0 Å². The van der Waals surface area contributed by atoms with Gasteiger partial charge in [0, 0.05) is 25.9 Å². The predicted molar refractivity (Wildman–Crippen MR) is 218 cm³/mol. The molecule has 0 bridgehead atoms. The molecule has 4 nitrogen and oxygen atoms in total. The van der Waals surface area contributed by atoms with Gasteiger partial charge in [-0.05, 0) is 103 Å². The minimum absolute atomic E-state index is 0.156. The molecule has 0 aromatic heterocycles. The highest BCUT2D eigenvalue weighted by Crippen LogP contribution is 2.36. The molecule has 290 valence electrons. The minimum atomic E-state index is -0.365. The minimum Gasteiger partial charge on any atom is -0.392 e. The molecule has 0 aliphatic carbocycles. The number of likely N-dealkylation sites (tertiary alicyclic amines) is 1. The highest BCUT2D eigenvalue weighted by molar-refractivity contribution is 4.93. The summed E-state index contributed by atoms with van der Waals surface area (Å²) in [6.45, 7) is 8.21. The van der Waals surface area contributed by atoms with E-state index >= 15 is 0 Å². The number of piperidine rings is 1. The van der Waals surface area contributed by atoms with E-state index in [2.05, 4.69) is 67.4 Å². The zero-order chi connectivity index (χ0) is 35.6.